The summed E-state index contributed by atoms with van der Waals surface area (Å²) in [5.41, 5.74) is 0.595. The second kappa shape index (κ2) is 9.89. The molecule has 3 aromatic rings. The fourth-order valence-corrected chi connectivity index (χ4v) is 6.35. The monoisotopic (exact) mass is 492 g/mol. The van der Waals surface area contributed by atoms with Gasteiger partial charge in [0.05, 0.1) is 13.2 Å². The van der Waals surface area contributed by atoms with Crippen molar-refractivity contribution in [2.24, 2.45) is 0 Å². The van der Waals surface area contributed by atoms with Crippen LogP contribution >= 0.6 is 11.3 Å². The van der Waals surface area contributed by atoms with Gasteiger partial charge in [-0.05, 0) is 56.3 Å². The molecule has 1 fully saturated rings. The number of anilines is 1. The second-order valence-electron chi connectivity index (χ2n) is 7.14. The van der Waals surface area contributed by atoms with Crippen LogP contribution in [0.5, 0.6) is 11.5 Å². The van der Waals surface area contributed by atoms with E-state index in [-0.39, 0.29) is 22.7 Å². The topological polar surface area (TPSA) is 124 Å². The van der Waals surface area contributed by atoms with Gasteiger partial charge in [-0.15, -0.1) is 16.4 Å². The highest BCUT2D eigenvalue weighted by molar-refractivity contribution is 7.91. The van der Waals surface area contributed by atoms with Crippen molar-refractivity contribution in [1.82, 2.24) is 14.5 Å². The van der Waals surface area contributed by atoms with Gasteiger partial charge in [-0.3, -0.25) is 10.1 Å². The summed E-state index contributed by atoms with van der Waals surface area (Å²) in [4.78, 5) is 12.9. The molecule has 4 rings (SSSR count). The van der Waals surface area contributed by atoms with E-state index >= 15 is 0 Å². The smallest absolute Gasteiger partial charge is 0.322 e. The summed E-state index contributed by atoms with van der Waals surface area (Å²) >= 11 is 1.12. The average molecular weight is 493 g/mol. The number of nitrogens with one attached hydrogen (secondary N) is 1. The van der Waals surface area contributed by atoms with Crippen LogP contribution < -0.4 is 14.8 Å². The lowest BCUT2D eigenvalue weighted by Crippen LogP contribution is -2.42. The molecule has 12 heteroatoms. The Morgan fingerprint density at radius 2 is 2.00 bits per heavy atom. The Balaban J connectivity index is 1.49. The molecule has 0 aliphatic carbocycles. The SMILES string of the molecule is CCOc1ccc(-c2nnc(NC(=O)C3CCCN3S(=O)(=O)c3cccs3)o2)cc1OCC. The van der Waals surface area contributed by atoms with E-state index in [1.54, 1.807) is 29.6 Å². The third-order valence-corrected chi connectivity index (χ3v) is 8.29. The summed E-state index contributed by atoms with van der Waals surface area (Å²) in [7, 11) is -3.74. The first kappa shape index (κ1) is 23.2. The van der Waals surface area contributed by atoms with Crippen LogP contribution in [0.3, 0.4) is 0 Å². The lowest BCUT2D eigenvalue weighted by Gasteiger charge is -2.21. The van der Waals surface area contributed by atoms with E-state index in [9.17, 15) is 13.2 Å². The standard InChI is InChI=1S/C21H24N4O6S2/c1-3-29-16-10-9-14(13-17(16)30-4-2)20-23-24-21(31-20)22-19(26)15-7-5-11-25(15)33(27,28)18-8-6-12-32-18/h6,8-10,12-13,15H,3-5,7,11H2,1-2H3,(H,22,24,26). The molecule has 10 nitrogen and oxygen atoms in total. The number of carbonyl (C=O) groups excluding carboxylic acids is 1. The summed E-state index contributed by atoms with van der Waals surface area (Å²) in [6, 6.07) is 7.47. The van der Waals surface area contributed by atoms with Crippen molar-refractivity contribution >= 4 is 33.3 Å². The van der Waals surface area contributed by atoms with Gasteiger partial charge in [0, 0.05) is 12.1 Å². The van der Waals surface area contributed by atoms with E-state index in [0.717, 1.165) is 11.3 Å². The molecule has 2 aromatic heterocycles. The maximum atomic E-state index is 12.9. The quantitative estimate of drug-likeness (QED) is 0.482. The van der Waals surface area contributed by atoms with Gasteiger partial charge in [-0.1, -0.05) is 11.2 Å². The zero-order valence-corrected chi connectivity index (χ0v) is 19.8. The van der Waals surface area contributed by atoms with Crippen molar-refractivity contribution in [1.29, 1.82) is 0 Å². The van der Waals surface area contributed by atoms with Gasteiger partial charge in [-0.25, -0.2) is 8.42 Å². The highest BCUT2D eigenvalue weighted by Crippen LogP contribution is 2.33. The largest absolute Gasteiger partial charge is 0.490 e. The third kappa shape index (κ3) is 4.87. The zero-order valence-electron chi connectivity index (χ0n) is 18.2. The van der Waals surface area contributed by atoms with Crippen LogP contribution in [0.4, 0.5) is 6.01 Å². The molecule has 33 heavy (non-hydrogen) atoms. The predicted octanol–water partition coefficient (Wildman–Crippen LogP) is 3.39. The van der Waals surface area contributed by atoms with Crippen LogP contribution in [0, 0.1) is 0 Å². The number of carbonyl (C=O) groups is 1. The maximum absolute atomic E-state index is 12.9. The lowest BCUT2D eigenvalue weighted by molar-refractivity contribution is -0.119. The first-order valence-electron chi connectivity index (χ1n) is 10.5. The number of rotatable bonds is 9. The minimum absolute atomic E-state index is 0.109. The van der Waals surface area contributed by atoms with Gasteiger partial charge in [0.15, 0.2) is 11.5 Å². The fourth-order valence-electron chi connectivity index (χ4n) is 3.58. The Kier molecular flexibility index (Phi) is 6.96. The fraction of sp³-hybridized carbons (Fsp3) is 0.381. The highest BCUT2D eigenvalue weighted by atomic mass is 32.2. The molecular formula is C21H24N4O6S2. The van der Waals surface area contributed by atoms with E-state index in [2.05, 4.69) is 15.5 Å². The summed E-state index contributed by atoms with van der Waals surface area (Å²) in [6.45, 7) is 4.98. The number of hydrogen-bond donors (Lipinski definition) is 1. The van der Waals surface area contributed by atoms with Crippen molar-refractivity contribution in [3.8, 4) is 23.0 Å². The van der Waals surface area contributed by atoms with E-state index < -0.39 is 22.0 Å². The van der Waals surface area contributed by atoms with Crippen molar-refractivity contribution < 1.29 is 27.1 Å². The van der Waals surface area contributed by atoms with E-state index in [1.165, 1.54) is 10.4 Å². The molecular weight excluding hydrogens is 468 g/mol. The Labute approximate surface area is 195 Å². The van der Waals surface area contributed by atoms with Gasteiger partial charge < -0.3 is 13.9 Å². The van der Waals surface area contributed by atoms with Crippen LogP contribution in [0.15, 0.2) is 44.3 Å². The first-order valence-corrected chi connectivity index (χ1v) is 12.9. The number of ether oxygens (including phenoxy) is 2. The molecule has 0 radical (unpaired) electrons. The van der Waals surface area contributed by atoms with Crippen molar-refractivity contribution in [3.63, 3.8) is 0 Å². The third-order valence-electron chi connectivity index (χ3n) is 5.01. The molecule has 1 N–H and O–H groups in total. The number of aromatic nitrogens is 2. The zero-order chi connectivity index (χ0) is 23.4. The number of nitrogens with zero attached hydrogens (tertiary/aromatic N) is 3. The Hall–Kier alpha value is -2.96. The average Bonchev–Trinajstić information content (AvgIpc) is 3.56. The van der Waals surface area contributed by atoms with Crippen LogP contribution in [0.1, 0.15) is 26.7 Å². The molecule has 1 aliphatic rings. The van der Waals surface area contributed by atoms with Gasteiger partial charge in [0.2, 0.25) is 11.8 Å². The molecule has 0 saturated carbocycles. The molecule has 1 aliphatic heterocycles. The van der Waals surface area contributed by atoms with Crippen LogP contribution in [0.25, 0.3) is 11.5 Å². The number of sulfonamides is 1. The predicted molar refractivity (Wildman–Crippen MR) is 122 cm³/mol. The molecule has 1 atom stereocenters. The summed E-state index contributed by atoms with van der Waals surface area (Å²) in [6.07, 6.45) is 0.998. The molecule has 0 spiro atoms. The lowest BCUT2D eigenvalue weighted by atomic mass is 10.2. The second-order valence-corrected chi connectivity index (χ2v) is 10.2. The van der Waals surface area contributed by atoms with Crippen LogP contribution in [0.2, 0.25) is 0 Å². The molecule has 1 aromatic carbocycles. The van der Waals surface area contributed by atoms with Gasteiger partial charge in [0.1, 0.15) is 10.3 Å². The normalized spacial score (nSPS) is 16.6. The van der Waals surface area contributed by atoms with Gasteiger partial charge >= 0.3 is 6.01 Å². The summed E-state index contributed by atoms with van der Waals surface area (Å²) in [5, 5.41) is 12.1. The maximum Gasteiger partial charge on any atom is 0.322 e. The molecule has 0 bridgehead atoms. The molecule has 1 amide bonds. The van der Waals surface area contributed by atoms with Gasteiger partial charge in [-0.2, -0.15) is 4.31 Å². The molecule has 1 saturated heterocycles. The first-order chi connectivity index (χ1) is 15.9. The van der Waals surface area contributed by atoms with E-state index in [4.69, 9.17) is 13.9 Å². The molecule has 3 heterocycles. The van der Waals surface area contributed by atoms with E-state index in [1.807, 2.05) is 13.8 Å². The number of amides is 1. The van der Waals surface area contributed by atoms with Gasteiger partial charge in [0.25, 0.3) is 10.0 Å². The van der Waals surface area contributed by atoms with Crippen molar-refractivity contribution in [2.45, 2.75) is 36.9 Å². The molecule has 1 unspecified atom stereocenters. The number of thiophene rings is 1. The van der Waals surface area contributed by atoms with Crippen LogP contribution in [-0.2, 0) is 14.8 Å². The van der Waals surface area contributed by atoms with E-state index in [0.29, 0.717) is 43.1 Å². The van der Waals surface area contributed by atoms with Crippen molar-refractivity contribution in [3.05, 3.63) is 35.7 Å². The Morgan fingerprint density at radius 3 is 2.73 bits per heavy atom. The Morgan fingerprint density at radius 1 is 1.21 bits per heavy atom. The number of hydrogen-bond acceptors (Lipinski definition) is 9. The minimum Gasteiger partial charge on any atom is -0.490 e. The Bertz CT molecular complexity index is 1210. The van der Waals surface area contributed by atoms with Crippen LogP contribution in [-0.4, -0.2) is 54.6 Å². The summed E-state index contributed by atoms with van der Waals surface area (Å²) < 4.78 is 44.0. The highest BCUT2D eigenvalue weighted by Gasteiger charge is 2.40. The number of benzene rings is 1. The summed E-state index contributed by atoms with van der Waals surface area (Å²) in [5.74, 6) is 0.818. The minimum atomic E-state index is -3.74. The molecule has 176 valence electrons. The van der Waals surface area contributed by atoms with Crippen molar-refractivity contribution in [2.75, 3.05) is 25.1 Å².